The maximum absolute atomic E-state index is 2.44. The molecule has 2 nitrogen and oxygen atoms in total. The van der Waals surface area contributed by atoms with E-state index in [0.717, 1.165) is 12.7 Å². The molecule has 1 aromatic heterocycles. The molecule has 2 aromatic rings. The second kappa shape index (κ2) is 6.20. The third-order valence-electron chi connectivity index (χ3n) is 3.65. The van der Waals surface area contributed by atoms with Crippen LogP contribution in [0.3, 0.4) is 0 Å². The van der Waals surface area contributed by atoms with Crippen LogP contribution in [0, 0.1) is 0 Å². The Morgan fingerprint density at radius 3 is 2.58 bits per heavy atom. The van der Waals surface area contributed by atoms with E-state index in [4.69, 9.17) is 0 Å². The zero-order chi connectivity index (χ0) is 13.7. The lowest BCUT2D eigenvalue weighted by molar-refractivity contribution is -0.680. The van der Waals surface area contributed by atoms with Crippen molar-refractivity contribution in [2.24, 2.45) is 0 Å². The van der Waals surface area contributed by atoms with Crippen LogP contribution in [0.15, 0.2) is 49.1 Å². The number of hydrogen-bond donors (Lipinski definition) is 0. The molecule has 19 heavy (non-hydrogen) atoms. The van der Waals surface area contributed by atoms with Gasteiger partial charge in [-0.05, 0) is 6.42 Å². The second-order valence-corrected chi connectivity index (χ2v) is 10.6. The van der Waals surface area contributed by atoms with Gasteiger partial charge < -0.3 is 0 Å². The van der Waals surface area contributed by atoms with Gasteiger partial charge in [0.2, 0.25) is 6.33 Å². The van der Waals surface area contributed by atoms with Crippen molar-refractivity contribution in [3.8, 4) is 0 Å². The Labute approximate surface area is 117 Å². The van der Waals surface area contributed by atoms with Gasteiger partial charge >= 0.3 is 0 Å². The van der Waals surface area contributed by atoms with Gasteiger partial charge in [-0.2, -0.15) is 0 Å². The van der Waals surface area contributed by atoms with Crippen molar-refractivity contribution >= 4 is 13.3 Å². The molecule has 0 amide bonds. The van der Waals surface area contributed by atoms with Crippen molar-refractivity contribution < 1.29 is 4.57 Å². The van der Waals surface area contributed by atoms with Crippen LogP contribution >= 0.6 is 0 Å². The SMILES string of the molecule is CCCCn1cc[n+](C[Si](C)(C)c2ccccc2)c1. The molecule has 1 aromatic carbocycles. The molecule has 0 saturated carbocycles. The van der Waals surface area contributed by atoms with Crippen LogP contribution in [0.5, 0.6) is 0 Å². The monoisotopic (exact) mass is 273 g/mol. The number of nitrogens with zero attached hydrogens (tertiary/aromatic N) is 2. The van der Waals surface area contributed by atoms with Crippen LogP contribution in [0.1, 0.15) is 19.8 Å². The molecule has 0 fully saturated rings. The van der Waals surface area contributed by atoms with Gasteiger partial charge in [0, 0.05) is 0 Å². The predicted octanol–water partition coefficient (Wildman–Crippen LogP) is 2.73. The number of imidazole rings is 1. The third kappa shape index (κ3) is 3.80. The highest BCUT2D eigenvalue weighted by atomic mass is 28.3. The van der Waals surface area contributed by atoms with Gasteiger partial charge in [0.25, 0.3) is 0 Å². The summed E-state index contributed by atoms with van der Waals surface area (Å²) in [6, 6.07) is 11.0. The van der Waals surface area contributed by atoms with E-state index in [1.54, 1.807) is 0 Å². The molecule has 0 N–H and O–H groups in total. The topological polar surface area (TPSA) is 8.81 Å². The Bertz CT molecular complexity index is 502. The number of aryl methyl sites for hydroxylation is 1. The van der Waals surface area contributed by atoms with Crippen molar-refractivity contribution in [1.82, 2.24) is 4.57 Å². The van der Waals surface area contributed by atoms with E-state index < -0.39 is 8.07 Å². The molecule has 0 aliphatic heterocycles. The number of benzene rings is 1. The summed E-state index contributed by atoms with van der Waals surface area (Å²) in [5.41, 5.74) is 0. The fourth-order valence-electron chi connectivity index (χ4n) is 2.44. The zero-order valence-corrected chi connectivity index (χ0v) is 13.3. The first kappa shape index (κ1) is 14.1. The van der Waals surface area contributed by atoms with Crippen LogP contribution < -0.4 is 9.75 Å². The molecule has 102 valence electrons. The van der Waals surface area contributed by atoms with Crippen LogP contribution in [0.25, 0.3) is 0 Å². The molecule has 0 saturated heterocycles. The Morgan fingerprint density at radius 2 is 1.89 bits per heavy atom. The van der Waals surface area contributed by atoms with Crippen molar-refractivity contribution in [3.63, 3.8) is 0 Å². The predicted molar refractivity (Wildman–Crippen MR) is 83.1 cm³/mol. The van der Waals surface area contributed by atoms with Crippen molar-refractivity contribution in [2.45, 2.75) is 45.6 Å². The standard InChI is InChI=1S/C16H25N2Si/c1-4-5-11-17-12-13-18(14-17)15-19(2,3)16-9-7-6-8-10-16/h6-10,12-14H,4-5,11,15H2,1-3H3/q+1. The first-order valence-electron chi connectivity index (χ1n) is 7.22. The van der Waals surface area contributed by atoms with Crippen molar-refractivity contribution in [3.05, 3.63) is 49.1 Å². The van der Waals surface area contributed by atoms with Gasteiger partial charge in [-0.25, -0.2) is 9.13 Å². The van der Waals surface area contributed by atoms with Crippen LogP contribution in [-0.4, -0.2) is 12.6 Å². The van der Waals surface area contributed by atoms with Gasteiger partial charge in [-0.1, -0.05) is 62.0 Å². The summed E-state index contributed by atoms with van der Waals surface area (Å²) in [7, 11) is -1.39. The molecule has 0 atom stereocenters. The molecule has 3 heteroatoms. The Morgan fingerprint density at radius 1 is 1.16 bits per heavy atom. The minimum Gasteiger partial charge on any atom is -0.240 e. The minimum absolute atomic E-state index is 1.14. The first-order valence-corrected chi connectivity index (χ1v) is 10.4. The lowest BCUT2D eigenvalue weighted by atomic mass is 10.3. The molecule has 0 aliphatic rings. The van der Waals surface area contributed by atoms with Crippen LogP contribution in [0.2, 0.25) is 13.1 Å². The minimum atomic E-state index is -1.39. The molecule has 0 radical (unpaired) electrons. The number of unbranched alkanes of at least 4 members (excludes halogenated alkanes) is 1. The molecule has 0 aliphatic carbocycles. The average Bonchev–Trinajstić information content (AvgIpc) is 2.84. The van der Waals surface area contributed by atoms with Gasteiger partial charge in [-0.15, -0.1) is 0 Å². The van der Waals surface area contributed by atoms with Gasteiger partial charge in [-0.3, -0.25) is 0 Å². The maximum Gasteiger partial charge on any atom is 0.243 e. The van der Waals surface area contributed by atoms with Gasteiger partial charge in [0.1, 0.15) is 20.5 Å². The summed E-state index contributed by atoms with van der Waals surface area (Å²) in [6.07, 6.45) is 10.3. The smallest absolute Gasteiger partial charge is 0.240 e. The van der Waals surface area contributed by atoms with Crippen molar-refractivity contribution in [1.29, 1.82) is 0 Å². The number of rotatable bonds is 6. The quantitative estimate of drug-likeness (QED) is 0.565. The number of aromatic nitrogens is 2. The second-order valence-electron chi connectivity index (χ2n) is 5.93. The number of hydrogen-bond acceptors (Lipinski definition) is 0. The van der Waals surface area contributed by atoms with Gasteiger partial charge in [0.15, 0.2) is 0 Å². The lowest BCUT2D eigenvalue weighted by Crippen LogP contribution is -2.54. The van der Waals surface area contributed by atoms with E-state index in [1.165, 1.54) is 18.0 Å². The summed E-state index contributed by atoms with van der Waals surface area (Å²) in [5, 5.41) is 1.53. The maximum atomic E-state index is 2.44. The highest BCUT2D eigenvalue weighted by Crippen LogP contribution is 2.03. The van der Waals surface area contributed by atoms with E-state index in [9.17, 15) is 0 Å². The Hall–Kier alpha value is -1.35. The summed E-state index contributed by atoms with van der Waals surface area (Å²) in [6.45, 7) is 8.26. The van der Waals surface area contributed by atoms with E-state index >= 15 is 0 Å². The van der Waals surface area contributed by atoms with E-state index in [0.29, 0.717) is 0 Å². The highest BCUT2D eigenvalue weighted by molar-refractivity contribution is 6.88. The van der Waals surface area contributed by atoms with E-state index in [2.05, 4.69) is 78.2 Å². The average molecular weight is 273 g/mol. The summed E-state index contributed by atoms with van der Waals surface area (Å²) < 4.78 is 4.66. The zero-order valence-electron chi connectivity index (χ0n) is 12.3. The molecule has 0 unspecified atom stereocenters. The Balaban J connectivity index is 2.05. The molecule has 0 spiro atoms. The molecular formula is C16H25N2Si+. The van der Waals surface area contributed by atoms with Crippen LogP contribution in [-0.2, 0) is 12.7 Å². The normalized spacial score (nSPS) is 11.7. The lowest BCUT2D eigenvalue weighted by Gasteiger charge is -2.20. The Kier molecular flexibility index (Phi) is 4.59. The molecule has 0 bridgehead atoms. The van der Waals surface area contributed by atoms with E-state index in [-0.39, 0.29) is 0 Å². The molecular weight excluding hydrogens is 248 g/mol. The van der Waals surface area contributed by atoms with Gasteiger partial charge in [0.05, 0.1) is 12.7 Å². The fourth-order valence-corrected chi connectivity index (χ4v) is 4.82. The fraction of sp³-hybridized carbons (Fsp3) is 0.438. The third-order valence-corrected chi connectivity index (χ3v) is 6.70. The first-order chi connectivity index (χ1) is 9.12. The molecule has 2 rings (SSSR count). The largest absolute Gasteiger partial charge is 0.243 e. The summed E-state index contributed by atoms with van der Waals surface area (Å²) >= 11 is 0. The van der Waals surface area contributed by atoms with Crippen LogP contribution in [0.4, 0.5) is 0 Å². The highest BCUT2D eigenvalue weighted by Gasteiger charge is 2.26. The summed E-state index contributed by atoms with van der Waals surface area (Å²) in [4.78, 5) is 0. The summed E-state index contributed by atoms with van der Waals surface area (Å²) in [5.74, 6) is 0. The van der Waals surface area contributed by atoms with E-state index in [1.807, 2.05) is 0 Å². The van der Waals surface area contributed by atoms with Crippen molar-refractivity contribution in [2.75, 3.05) is 0 Å². The molecule has 1 heterocycles.